The number of aliphatic imine (C=N–C) groups is 1. The van der Waals surface area contributed by atoms with Gasteiger partial charge in [-0.3, -0.25) is 0 Å². The molecule has 0 fully saturated rings. The normalized spacial score (nSPS) is 21.5. The van der Waals surface area contributed by atoms with E-state index in [1.54, 1.807) is 12.1 Å². The summed E-state index contributed by atoms with van der Waals surface area (Å²) in [5.74, 6) is -0.282. The second-order valence-electron chi connectivity index (χ2n) is 7.17. The Labute approximate surface area is 162 Å². The zero-order valence-corrected chi connectivity index (χ0v) is 15.2. The molecule has 0 amide bonds. The van der Waals surface area contributed by atoms with Gasteiger partial charge in [0, 0.05) is 11.3 Å². The average molecular weight is 373 g/mol. The minimum absolute atomic E-state index is 0.0650. The maximum absolute atomic E-state index is 13.4. The summed E-state index contributed by atoms with van der Waals surface area (Å²) in [4.78, 5) is 4.87. The van der Waals surface area contributed by atoms with E-state index in [1.807, 2.05) is 24.3 Å². The number of rotatable bonds is 2. The number of halogens is 1. The highest BCUT2D eigenvalue weighted by Crippen LogP contribution is 2.40. The van der Waals surface area contributed by atoms with Gasteiger partial charge >= 0.3 is 0 Å². The first kappa shape index (κ1) is 16.8. The minimum atomic E-state index is -0.437. The molecule has 0 bridgehead atoms. The van der Waals surface area contributed by atoms with E-state index in [0.29, 0.717) is 11.7 Å². The van der Waals surface area contributed by atoms with Crippen LogP contribution in [-0.2, 0) is 11.2 Å². The molecule has 0 radical (unpaired) electrons. The molecule has 1 aliphatic carbocycles. The second kappa shape index (κ2) is 6.68. The number of hydrogen-bond donors (Lipinski definition) is 2. The van der Waals surface area contributed by atoms with Gasteiger partial charge in [0.1, 0.15) is 5.82 Å². The van der Waals surface area contributed by atoms with Crippen LogP contribution >= 0.6 is 0 Å². The summed E-state index contributed by atoms with van der Waals surface area (Å²) < 4.78 is 19.6. The van der Waals surface area contributed by atoms with Crippen LogP contribution in [0.5, 0.6) is 0 Å². The molecule has 0 aromatic heterocycles. The molecule has 3 N–H and O–H groups in total. The number of hydrogen-bond acceptors (Lipinski definition) is 3. The lowest BCUT2D eigenvalue weighted by molar-refractivity contribution is 0.225. The van der Waals surface area contributed by atoms with Gasteiger partial charge in [0.15, 0.2) is 6.10 Å². The SMILES string of the molecule is Nc1cccc2c1C(c1ccc(F)cc1)OC(=N[C@@H]1CCc3ccccc31)N2. The zero-order valence-electron chi connectivity index (χ0n) is 15.2. The first-order valence-electron chi connectivity index (χ1n) is 9.42. The van der Waals surface area contributed by atoms with Crippen molar-refractivity contribution in [1.29, 1.82) is 0 Å². The Morgan fingerprint density at radius 2 is 1.82 bits per heavy atom. The van der Waals surface area contributed by atoms with Gasteiger partial charge < -0.3 is 15.8 Å². The molecule has 1 heterocycles. The van der Waals surface area contributed by atoms with E-state index in [-0.39, 0.29) is 11.9 Å². The monoisotopic (exact) mass is 373 g/mol. The first-order valence-corrected chi connectivity index (χ1v) is 9.42. The van der Waals surface area contributed by atoms with Gasteiger partial charge in [0.25, 0.3) is 6.02 Å². The number of anilines is 2. The molecule has 2 aliphatic rings. The van der Waals surface area contributed by atoms with Crippen molar-refractivity contribution in [2.45, 2.75) is 25.0 Å². The summed E-state index contributed by atoms with van der Waals surface area (Å²) in [5.41, 5.74) is 12.0. The Balaban J connectivity index is 1.55. The number of ether oxygens (including phenoxy) is 1. The molecule has 1 aliphatic heterocycles. The van der Waals surface area contributed by atoms with Crippen molar-refractivity contribution < 1.29 is 9.13 Å². The van der Waals surface area contributed by atoms with Crippen molar-refractivity contribution in [2.75, 3.05) is 11.1 Å². The number of aryl methyl sites for hydroxylation is 1. The van der Waals surface area contributed by atoms with Crippen molar-refractivity contribution in [1.82, 2.24) is 0 Å². The average Bonchev–Trinajstić information content (AvgIpc) is 3.11. The Morgan fingerprint density at radius 3 is 2.68 bits per heavy atom. The molecule has 2 atom stereocenters. The molecule has 3 aromatic carbocycles. The highest BCUT2D eigenvalue weighted by molar-refractivity contribution is 5.94. The van der Waals surface area contributed by atoms with Gasteiger partial charge in [0.2, 0.25) is 0 Å². The number of benzene rings is 3. The largest absolute Gasteiger partial charge is 0.452 e. The number of nitrogens with two attached hydrogens (primary N) is 1. The summed E-state index contributed by atoms with van der Waals surface area (Å²) in [6.45, 7) is 0. The lowest BCUT2D eigenvalue weighted by Crippen LogP contribution is -2.28. The highest BCUT2D eigenvalue weighted by atomic mass is 19.1. The number of nitrogens with one attached hydrogen (secondary N) is 1. The maximum Gasteiger partial charge on any atom is 0.290 e. The third-order valence-corrected chi connectivity index (χ3v) is 5.42. The fraction of sp³-hybridized carbons (Fsp3) is 0.174. The summed E-state index contributed by atoms with van der Waals surface area (Å²) in [5, 5.41) is 3.28. The Kier molecular flexibility index (Phi) is 4.01. The maximum atomic E-state index is 13.4. The standard InChI is InChI=1S/C23H20FN3O/c24-16-11-8-15(9-12-16)22-21-18(25)6-3-7-20(21)27-23(28-22)26-19-13-10-14-4-1-2-5-17(14)19/h1-9,11-12,19,22H,10,13,25H2,(H,26,27)/t19-,22?/m1/s1. The topological polar surface area (TPSA) is 59.6 Å². The second-order valence-corrected chi connectivity index (χ2v) is 7.17. The predicted octanol–water partition coefficient (Wildman–Crippen LogP) is 4.98. The van der Waals surface area contributed by atoms with Crippen LogP contribution in [0.15, 0.2) is 71.7 Å². The van der Waals surface area contributed by atoms with E-state index in [0.717, 1.165) is 29.7 Å². The van der Waals surface area contributed by atoms with Crippen LogP contribution in [0.25, 0.3) is 0 Å². The van der Waals surface area contributed by atoms with Gasteiger partial charge in [-0.05, 0) is 53.8 Å². The molecule has 1 unspecified atom stereocenters. The van der Waals surface area contributed by atoms with E-state index < -0.39 is 6.10 Å². The van der Waals surface area contributed by atoms with Crippen LogP contribution in [0, 0.1) is 5.82 Å². The first-order chi connectivity index (χ1) is 13.7. The summed E-state index contributed by atoms with van der Waals surface area (Å²) in [7, 11) is 0. The van der Waals surface area contributed by atoms with Gasteiger partial charge in [-0.1, -0.05) is 42.5 Å². The van der Waals surface area contributed by atoms with Crippen molar-refractivity contribution in [3.05, 3.63) is 94.8 Å². The third kappa shape index (κ3) is 2.89. The summed E-state index contributed by atoms with van der Waals surface area (Å²) in [6.07, 6.45) is 1.54. The number of nitrogens with zero attached hydrogens (tertiary/aromatic N) is 1. The quantitative estimate of drug-likeness (QED) is 0.623. The van der Waals surface area contributed by atoms with E-state index in [4.69, 9.17) is 15.5 Å². The molecule has 0 saturated carbocycles. The summed E-state index contributed by atoms with van der Waals surface area (Å²) in [6, 6.07) is 20.9. The molecule has 4 nitrogen and oxygen atoms in total. The highest BCUT2D eigenvalue weighted by Gasteiger charge is 2.30. The van der Waals surface area contributed by atoms with Crippen molar-refractivity contribution in [3.63, 3.8) is 0 Å². The Hall–Kier alpha value is -3.34. The number of nitrogen functional groups attached to an aromatic ring is 1. The molecular weight excluding hydrogens is 353 g/mol. The fourth-order valence-electron chi connectivity index (χ4n) is 4.05. The molecule has 5 rings (SSSR count). The van der Waals surface area contributed by atoms with E-state index in [9.17, 15) is 4.39 Å². The van der Waals surface area contributed by atoms with Crippen LogP contribution in [-0.4, -0.2) is 6.02 Å². The smallest absolute Gasteiger partial charge is 0.290 e. The number of amidine groups is 1. The van der Waals surface area contributed by atoms with E-state index in [1.165, 1.54) is 23.3 Å². The molecule has 3 aromatic rings. The van der Waals surface area contributed by atoms with Crippen LogP contribution in [0.1, 0.15) is 40.8 Å². The van der Waals surface area contributed by atoms with Gasteiger partial charge in [0.05, 0.1) is 11.7 Å². The molecule has 0 spiro atoms. The molecular formula is C23H20FN3O. The minimum Gasteiger partial charge on any atom is -0.452 e. The number of fused-ring (bicyclic) bond motifs is 2. The van der Waals surface area contributed by atoms with Crippen LogP contribution < -0.4 is 11.1 Å². The summed E-state index contributed by atoms with van der Waals surface area (Å²) >= 11 is 0. The van der Waals surface area contributed by atoms with E-state index in [2.05, 4.69) is 23.5 Å². The van der Waals surface area contributed by atoms with Gasteiger partial charge in [-0.2, -0.15) is 0 Å². The Bertz CT molecular complexity index is 1060. The lowest BCUT2D eigenvalue weighted by Gasteiger charge is -2.30. The van der Waals surface area contributed by atoms with Crippen molar-refractivity contribution in [3.8, 4) is 0 Å². The predicted molar refractivity (Wildman–Crippen MR) is 109 cm³/mol. The van der Waals surface area contributed by atoms with Crippen molar-refractivity contribution in [2.24, 2.45) is 4.99 Å². The molecule has 28 heavy (non-hydrogen) atoms. The van der Waals surface area contributed by atoms with Gasteiger partial charge in [-0.15, -0.1) is 0 Å². The lowest BCUT2D eigenvalue weighted by atomic mass is 9.97. The molecule has 0 saturated heterocycles. The van der Waals surface area contributed by atoms with E-state index >= 15 is 0 Å². The molecule has 5 heteroatoms. The van der Waals surface area contributed by atoms with Crippen LogP contribution in [0.2, 0.25) is 0 Å². The zero-order chi connectivity index (χ0) is 19.1. The van der Waals surface area contributed by atoms with Gasteiger partial charge in [-0.25, -0.2) is 9.38 Å². The van der Waals surface area contributed by atoms with Crippen LogP contribution in [0.4, 0.5) is 15.8 Å². The fourth-order valence-corrected chi connectivity index (χ4v) is 4.05. The molecule has 140 valence electrons. The van der Waals surface area contributed by atoms with Crippen molar-refractivity contribution >= 4 is 17.4 Å². The third-order valence-electron chi connectivity index (χ3n) is 5.42. The van der Waals surface area contributed by atoms with Crippen LogP contribution in [0.3, 0.4) is 0 Å². The Morgan fingerprint density at radius 1 is 1.00 bits per heavy atom.